The largest absolute Gasteiger partial charge is 0.455 e. The Balaban J connectivity index is 2.11. The van der Waals surface area contributed by atoms with Crippen LogP contribution in [0.25, 0.3) is 0 Å². The summed E-state index contributed by atoms with van der Waals surface area (Å²) in [4.78, 5) is 22.1. The summed E-state index contributed by atoms with van der Waals surface area (Å²) < 4.78 is 5.26. The average molecular weight is 180 g/mol. The summed E-state index contributed by atoms with van der Waals surface area (Å²) >= 11 is 0. The average Bonchev–Trinajstić information content (AvgIpc) is 2.36. The number of hydrogen-bond donors (Lipinski definition) is 0. The van der Waals surface area contributed by atoms with Crippen molar-refractivity contribution >= 4 is 11.8 Å². The number of carbonyl (C=O) groups is 2. The van der Waals surface area contributed by atoms with Crippen LogP contribution in [-0.4, -0.2) is 17.4 Å². The van der Waals surface area contributed by atoms with Crippen molar-refractivity contribution in [1.82, 2.24) is 0 Å². The fourth-order valence-corrected chi connectivity index (χ4v) is 2.03. The van der Waals surface area contributed by atoms with Crippen molar-refractivity contribution in [3.63, 3.8) is 0 Å². The van der Waals surface area contributed by atoms with Gasteiger partial charge in [-0.15, -0.1) is 0 Å². The van der Waals surface area contributed by atoms with Crippen LogP contribution in [0, 0.1) is 0 Å². The second-order valence-electron chi connectivity index (χ2n) is 3.89. The van der Waals surface area contributed by atoms with Gasteiger partial charge in [0.2, 0.25) is 0 Å². The lowest BCUT2D eigenvalue weighted by Crippen LogP contribution is -2.33. The molecule has 0 aromatic carbocycles. The summed E-state index contributed by atoms with van der Waals surface area (Å²) in [6, 6.07) is 0. The van der Waals surface area contributed by atoms with Crippen molar-refractivity contribution in [3.8, 4) is 0 Å². The van der Waals surface area contributed by atoms with E-state index in [1.807, 2.05) is 0 Å². The number of rotatable bonds is 0. The Morgan fingerprint density at radius 1 is 1.23 bits per heavy atom. The van der Waals surface area contributed by atoms with Gasteiger partial charge in [0.15, 0.2) is 0 Å². The molecule has 0 aromatic heterocycles. The molecule has 1 saturated heterocycles. The van der Waals surface area contributed by atoms with Gasteiger partial charge in [-0.1, -0.05) is 6.58 Å². The monoisotopic (exact) mass is 180 g/mol. The van der Waals surface area contributed by atoms with E-state index in [-0.39, 0.29) is 17.4 Å². The molecule has 0 atom stereocenters. The Morgan fingerprint density at radius 2 is 1.85 bits per heavy atom. The van der Waals surface area contributed by atoms with Crippen LogP contribution < -0.4 is 0 Å². The molecule has 0 unspecified atom stereocenters. The second-order valence-corrected chi connectivity index (χ2v) is 3.89. The Bertz CT molecular complexity index is 263. The van der Waals surface area contributed by atoms with Crippen LogP contribution in [0.1, 0.15) is 32.1 Å². The van der Waals surface area contributed by atoms with Gasteiger partial charge >= 0.3 is 5.97 Å². The molecule has 3 heteroatoms. The van der Waals surface area contributed by atoms with Crippen LogP contribution in [-0.2, 0) is 14.3 Å². The molecule has 1 aliphatic carbocycles. The highest BCUT2D eigenvalue weighted by molar-refractivity contribution is 5.91. The zero-order chi connectivity index (χ0) is 9.47. The van der Waals surface area contributed by atoms with Gasteiger partial charge in [0.05, 0.1) is 0 Å². The van der Waals surface area contributed by atoms with Gasteiger partial charge in [-0.05, 0) is 12.8 Å². The molecule has 13 heavy (non-hydrogen) atoms. The first kappa shape index (κ1) is 8.48. The van der Waals surface area contributed by atoms with E-state index in [0.717, 1.165) is 0 Å². The highest BCUT2D eigenvalue weighted by Gasteiger charge is 2.44. The van der Waals surface area contributed by atoms with Crippen molar-refractivity contribution in [3.05, 3.63) is 12.2 Å². The van der Waals surface area contributed by atoms with Gasteiger partial charge < -0.3 is 4.74 Å². The predicted octanol–water partition coefficient (Wildman–Crippen LogP) is 1.37. The van der Waals surface area contributed by atoms with Crippen molar-refractivity contribution in [2.75, 3.05) is 0 Å². The quantitative estimate of drug-likeness (QED) is 0.417. The zero-order valence-corrected chi connectivity index (χ0v) is 7.47. The highest BCUT2D eigenvalue weighted by Crippen LogP contribution is 2.40. The van der Waals surface area contributed by atoms with E-state index in [1.165, 1.54) is 0 Å². The second kappa shape index (κ2) is 2.69. The Hall–Kier alpha value is -1.12. The normalized spacial score (nSPS) is 26.6. The van der Waals surface area contributed by atoms with Gasteiger partial charge in [-0.2, -0.15) is 0 Å². The lowest BCUT2D eigenvalue weighted by atomic mass is 9.81. The van der Waals surface area contributed by atoms with E-state index in [4.69, 9.17) is 4.74 Å². The molecular weight excluding hydrogens is 168 g/mol. The summed E-state index contributed by atoms with van der Waals surface area (Å²) in [6.45, 7) is 3.64. The minimum Gasteiger partial charge on any atom is -0.455 e. The van der Waals surface area contributed by atoms with E-state index in [0.29, 0.717) is 37.7 Å². The Morgan fingerprint density at radius 3 is 2.31 bits per heavy atom. The molecule has 0 aromatic rings. The third-order valence-electron chi connectivity index (χ3n) is 2.85. The van der Waals surface area contributed by atoms with E-state index in [9.17, 15) is 9.59 Å². The Labute approximate surface area is 76.8 Å². The third-order valence-corrected chi connectivity index (χ3v) is 2.85. The summed E-state index contributed by atoms with van der Waals surface area (Å²) in [5, 5.41) is 0. The van der Waals surface area contributed by atoms with Crippen molar-refractivity contribution in [1.29, 1.82) is 0 Å². The van der Waals surface area contributed by atoms with Gasteiger partial charge in [0.1, 0.15) is 11.4 Å². The third kappa shape index (κ3) is 1.39. The molecule has 1 saturated carbocycles. The number of Topliss-reactive ketones (excluding diaryl/α,β-unsaturated/α-hetero) is 1. The molecule has 70 valence electrons. The molecule has 3 nitrogen and oxygen atoms in total. The predicted molar refractivity (Wildman–Crippen MR) is 46.1 cm³/mol. The number of carbonyl (C=O) groups excluding carboxylic acids is 2. The first-order chi connectivity index (χ1) is 6.11. The lowest BCUT2D eigenvalue weighted by Gasteiger charge is -2.30. The van der Waals surface area contributed by atoms with E-state index in [1.54, 1.807) is 0 Å². The minimum absolute atomic E-state index is 0.277. The van der Waals surface area contributed by atoms with Crippen LogP contribution in [0.5, 0.6) is 0 Å². The maximum Gasteiger partial charge on any atom is 0.334 e. The summed E-state index contributed by atoms with van der Waals surface area (Å²) in [5.74, 6) is -0.00599. The van der Waals surface area contributed by atoms with Gasteiger partial charge in [-0.3, -0.25) is 4.79 Å². The van der Waals surface area contributed by atoms with E-state index < -0.39 is 0 Å². The molecule has 1 aliphatic heterocycles. The summed E-state index contributed by atoms with van der Waals surface area (Å²) in [5.41, 5.74) is 0.177. The summed E-state index contributed by atoms with van der Waals surface area (Å²) in [6.07, 6.45) is 3.05. The molecule has 1 spiro atoms. The summed E-state index contributed by atoms with van der Waals surface area (Å²) in [7, 11) is 0. The Kier molecular flexibility index (Phi) is 1.75. The fraction of sp³-hybridized carbons (Fsp3) is 0.600. The van der Waals surface area contributed by atoms with Crippen LogP contribution in [0.15, 0.2) is 12.2 Å². The lowest BCUT2D eigenvalue weighted by molar-refractivity contribution is -0.151. The molecule has 1 heterocycles. The smallest absolute Gasteiger partial charge is 0.334 e. The maximum absolute atomic E-state index is 11.1. The molecule has 2 aliphatic rings. The highest BCUT2D eigenvalue weighted by atomic mass is 16.6. The van der Waals surface area contributed by atoms with Crippen molar-refractivity contribution in [2.45, 2.75) is 37.7 Å². The van der Waals surface area contributed by atoms with Crippen LogP contribution in [0.2, 0.25) is 0 Å². The first-order valence-corrected chi connectivity index (χ1v) is 4.54. The molecule has 0 radical (unpaired) electrons. The maximum atomic E-state index is 11.1. The number of hydrogen-bond acceptors (Lipinski definition) is 3. The molecule has 0 amide bonds. The van der Waals surface area contributed by atoms with Gasteiger partial charge in [-0.25, -0.2) is 4.79 Å². The number of ketones is 1. The molecule has 2 fully saturated rings. The standard InChI is InChI=1S/C10H12O3/c1-7-6-10(13-9(7)12)4-2-8(11)3-5-10/h1-6H2. The minimum atomic E-state index is -0.373. The van der Waals surface area contributed by atoms with Crippen LogP contribution >= 0.6 is 0 Å². The molecule has 0 N–H and O–H groups in total. The van der Waals surface area contributed by atoms with Crippen molar-refractivity contribution < 1.29 is 14.3 Å². The number of ether oxygens (including phenoxy) is 1. The molecule has 2 rings (SSSR count). The fourth-order valence-electron chi connectivity index (χ4n) is 2.03. The van der Waals surface area contributed by atoms with E-state index >= 15 is 0 Å². The van der Waals surface area contributed by atoms with Gasteiger partial charge in [0.25, 0.3) is 0 Å². The van der Waals surface area contributed by atoms with Gasteiger partial charge in [0, 0.05) is 24.8 Å². The van der Waals surface area contributed by atoms with E-state index in [2.05, 4.69) is 6.58 Å². The topological polar surface area (TPSA) is 43.4 Å². The van der Waals surface area contributed by atoms with Crippen LogP contribution in [0.3, 0.4) is 0 Å². The van der Waals surface area contributed by atoms with Crippen molar-refractivity contribution in [2.24, 2.45) is 0 Å². The zero-order valence-electron chi connectivity index (χ0n) is 7.47. The van der Waals surface area contributed by atoms with Crippen LogP contribution in [0.4, 0.5) is 0 Å². The first-order valence-electron chi connectivity index (χ1n) is 4.54. The molecule has 0 bridgehead atoms. The SMILES string of the molecule is C=C1CC2(CCC(=O)CC2)OC1=O. The number of esters is 1. The molecular formula is C10H12O3.